The second-order valence-electron chi connectivity index (χ2n) is 9.01. The number of hydrogen-bond acceptors (Lipinski definition) is 5. The maximum absolute atomic E-state index is 15.0. The number of carbonyl (C=O) groups is 1. The summed E-state index contributed by atoms with van der Waals surface area (Å²) in [7, 11) is 5.18. The Kier molecular flexibility index (Phi) is 5.94. The summed E-state index contributed by atoms with van der Waals surface area (Å²) < 4.78 is 30.0. The summed E-state index contributed by atoms with van der Waals surface area (Å²) in [5.41, 5.74) is 3.34. The highest BCUT2D eigenvalue weighted by Gasteiger charge is 2.21. The SMILES string of the molecule is CN1CCN(c2ccc(-c3cnc4[nH]cc(-c5c(F)cc(C(=O)N(C)C)cc5F)c4n3)cc2)CC1. The van der Waals surface area contributed by atoms with E-state index in [-0.39, 0.29) is 16.7 Å². The lowest BCUT2D eigenvalue weighted by Crippen LogP contribution is -2.44. The van der Waals surface area contributed by atoms with Gasteiger partial charge in [-0.05, 0) is 31.3 Å². The summed E-state index contributed by atoms with van der Waals surface area (Å²) >= 11 is 0. The van der Waals surface area contributed by atoms with E-state index >= 15 is 8.78 Å². The zero-order valence-electron chi connectivity index (χ0n) is 19.8. The van der Waals surface area contributed by atoms with Crippen LogP contribution in [0, 0.1) is 11.6 Å². The molecule has 1 amide bonds. The number of aromatic nitrogens is 3. The number of anilines is 1. The predicted molar refractivity (Wildman–Crippen MR) is 132 cm³/mol. The number of amides is 1. The van der Waals surface area contributed by atoms with Gasteiger partial charge in [0.25, 0.3) is 5.91 Å². The van der Waals surface area contributed by atoms with Gasteiger partial charge in [-0.2, -0.15) is 0 Å². The predicted octanol–water partition coefficient (Wildman–Crippen LogP) is 4.02. The second kappa shape index (κ2) is 9.07. The van der Waals surface area contributed by atoms with E-state index in [4.69, 9.17) is 0 Å². The topological polar surface area (TPSA) is 68.4 Å². The molecule has 180 valence electrons. The fraction of sp³-hybridized carbons (Fsp3) is 0.269. The number of fused-ring (bicyclic) bond motifs is 1. The molecule has 7 nitrogen and oxygen atoms in total. The molecule has 0 unspecified atom stereocenters. The highest BCUT2D eigenvalue weighted by atomic mass is 19.1. The minimum Gasteiger partial charge on any atom is -0.369 e. The van der Waals surface area contributed by atoms with Crippen LogP contribution < -0.4 is 4.90 Å². The number of hydrogen-bond donors (Lipinski definition) is 1. The van der Waals surface area contributed by atoms with Crippen LogP contribution in [0.4, 0.5) is 14.5 Å². The molecule has 9 heteroatoms. The molecule has 5 rings (SSSR count). The number of benzene rings is 2. The lowest BCUT2D eigenvalue weighted by Gasteiger charge is -2.34. The molecule has 35 heavy (non-hydrogen) atoms. The molecule has 0 atom stereocenters. The van der Waals surface area contributed by atoms with Crippen molar-refractivity contribution in [1.82, 2.24) is 24.8 Å². The maximum Gasteiger partial charge on any atom is 0.253 e. The van der Waals surface area contributed by atoms with E-state index in [0.717, 1.165) is 49.6 Å². The number of nitrogens with zero attached hydrogens (tertiary/aromatic N) is 5. The fourth-order valence-electron chi connectivity index (χ4n) is 4.34. The Morgan fingerprint density at radius 1 is 1.03 bits per heavy atom. The van der Waals surface area contributed by atoms with Crippen LogP contribution in [-0.2, 0) is 0 Å². The number of H-pyrrole nitrogens is 1. The van der Waals surface area contributed by atoms with Crippen LogP contribution in [0.2, 0.25) is 0 Å². The average Bonchev–Trinajstić information content (AvgIpc) is 3.26. The van der Waals surface area contributed by atoms with Gasteiger partial charge in [-0.1, -0.05) is 12.1 Å². The van der Waals surface area contributed by atoms with Gasteiger partial charge >= 0.3 is 0 Å². The smallest absolute Gasteiger partial charge is 0.253 e. The Hall–Kier alpha value is -3.85. The number of piperazine rings is 1. The van der Waals surface area contributed by atoms with Crippen molar-refractivity contribution in [2.75, 3.05) is 52.2 Å². The van der Waals surface area contributed by atoms with Gasteiger partial charge in [-0.25, -0.2) is 18.7 Å². The zero-order chi connectivity index (χ0) is 24.7. The molecular weight excluding hydrogens is 450 g/mol. The third kappa shape index (κ3) is 4.35. The summed E-state index contributed by atoms with van der Waals surface area (Å²) in [6, 6.07) is 10.2. The Morgan fingerprint density at radius 3 is 2.31 bits per heavy atom. The van der Waals surface area contributed by atoms with Gasteiger partial charge in [-0.15, -0.1) is 0 Å². The van der Waals surface area contributed by atoms with E-state index in [1.54, 1.807) is 6.20 Å². The van der Waals surface area contributed by atoms with Crippen LogP contribution in [0.1, 0.15) is 10.4 Å². The summed E-state index contributed by atoms with van der Waals surface area (Å²) in [5, 5.41) is 0. The van der Waals surface area contributed by atoms with Crippen molar-refractivity contribution in [3.05, 3.63) is 66.0 Å². The van der Waals surface area contributed by atoms with Crippen molar-refractivity contribution in [2.24, 2.45) is 0 Å². The summed E-state index contributed by atoms with van der Waals surface area (Å²) in [4.78, 5) is 30.1. The normalized spacial score (nSPS) is 14.5. The van der Waals surface area contributed by atoms with Gasteiger partial charge in [0.15, 0.2) is 5.65 Å². The van der Waals surface area contributed by atoms with Crippen LogP contribution in [0.25, 0.3) is 33.5 Å². The van der Waals surface area contributed by atoms with Gasteiger partial charge in [0.05, 0.1) is 17.5 Å². The molecule has 0 radical (unpaired) electrons. The summed E-state index contributed by atoms with van der Waals surface area (Å²) in [6.07, 6.45) is 3.12. The van der Waals surface area contributed by atoms with Gasteiger partial charge in [0.2, 0.25) is 0 Å². The number of nitrogens with one attached hydrogen (secondary N) is 1. The van der Waals surface area contributed by atoms with Gasteiger partial charge in [0.1, 0.15) is 17.2 Å². The van der Waals surface area contributed by atoms with Crippen molar-refractivity contribution >= 4 is 22.8 Å². The Bertz CT molecular complexity index is 1370. The third-order valence-electron chi connectivity index (χ3n) is 6.38. The van der Waals surface area contributed by atoms with E-state index in [2.05, 4.69) is 43.9 Å². The van der Waals surface area contributed by atoms with E-state index in [1.807, 2.05) is 12.1 Å². The molecule has 2 aromatic carbocycles. The highest BCUT2D eigenvalue weighted by Crippen LogP contribution is 2.33. The molecule has 0 aliphatic carbocycles. The number of rotatable bonds is 4. The van der Waals surface area contributed by atoms with Crippen molar-refractivity contribution in [3.8, 4) is 22.4 Å². The number of likely N-dealkylation sites (N-methyl/N-ethyl adjacent to an activating group) is 1. The van der Waals surface area contributed by atoms with Crippen molar-refractivity contribution < 1.29 is 13.6 Å². The molecule has 0 spiro atoms. The van der Waals surface area contributed by atoms with Crippen LogP contribution >= 0.6 is 0 Å². The Morgan fingerprint density at radius 2 is 1.69 bits per heavy atom. The first-order chi connectivity index (χ1) is 16.8. The van der Waals surface area contributed by atoms with E-state index in [1.165, 1.54) is 25.2 Å². The van der Waals surface area contributed by atoms with Gasteiger partial charge in [-0.3, -0.25) is 4.79 Å². The number of carbonyl (C=O) groups excluding carboxylic acids is 1. The monoisotopic (exact) mass is 476 g/mol. The molecule has 3 heterocycles. The van der Waals surface area contributed by atoms with Crippen molar-refractivity contribution in [2.45, 2.75) is 0 Å². The molecule has 0 saturated carbocycles. The van der Waals surface area contributed by atoms with Crippen LogP contribution in [0.15, 0.2) is 48.8 Å². The average molecular weight is 477 g/mol. The lowest BCUT2D eigenvalue weighted by atomic mass is 10.0. The quantitative estimate of drug-likeness (QED) is 0.482. The van der Waals surface area contributed by atoms with Gasteiger partial charge < -0.3 is 19.7 Å². The molecule has 1 aliphatic heterocycles. The maximum atomic E-state index is 15.0. The standard InChI is InChI=1S/C26H26F2N6O/c1-32(2)26(35)17-12-20(27)23(21(28)13-17)19-14-29-25-24(19)31-22(15-30-25)16-4-6-18(7-5-16)34-10-8-33(3)9-11-34/h4-7,12-15H,8-11H2,1-3H3,(H,29,30). The van der Waals surface area contributed by atoms with Crippen LogP contribution in [-0.4, -0.2) is 78.0 Å². The summed E-state index contributed by atoms with van der Waals surface area (Å²) in [5.74, 6) is -2.14. The third-order valence-corrected chi connectivity index (χ3v) is 6.38. The Labute approximate surface area is 202 Å². The number of aromatic amines is 1. The van der Waals surface area contributed by atoms with E-state index in [0.29, 0.717) is 16.9 Å². The van der Waals surface area contributed by atoms with Crippen LogP contribution in [0.5, 0.6) is 0 Å². The Balaban J connectivity index is 1.49. The van der Waals surface area contributed by atoms with Crippen molar-refractivity contribution in [1.29, 1.82) is 0 Å². The second-order valence-corrected chi connectivity index (χ2v) is 9.01. The molecule has 1 N–H and O–H groups in total. The molecule has 1 aliphatic rings. The molecule has 1 fully saturated rings. The molecule has 2 aromatic heterocycles. The molecular formula is C26H26F2N6O. The van der Waals surface area contributed by atoms with Crippen molar-refractivity contribution in [3.63, 3.8) is 0 Å². The van der Waals surface area contributed by atoms with E-state index < -0.39 is 17.5 Å². The van der Waals surface area contributed by atoms with E-state index in [9.17, 15) is 4.79 Å². The summed E-state index contributed by atoms with van der Waals surface area (Å²) in [6.45, 7) is 4.00. The largest absolute Gasteiger partial charge is 0.369 e. The zero-order valence-corrected chi connectivity index (χ0v) is 19.8. The first-order valence-electron chi connectivity index (χ1n) is 11.4. The number of halogens is 2. The highest BCUT2D eigenvalue weighted by molar-refractivity contribution is 5.96. The molecule has 1 saturated heterocycles. The van der Waals surface area contributed by atoms with Gasteiger partial charge in [0, 0.05) is 68.8 Å². The minimum atomic E-state index is -0.833. The molecule has 0 bridgehead atoms. The fourth-order valence-corrected chi connectivity index (χ4v) is 4.34. The lowest BCUT2D eigenvalue weighted by molar-refractivity contribution is 0.0826. The van der Waals surface area contributed by atoms with Crippen LogP contribution in [0.3, 0.4) is 0 Å². The molecule has 4 aromatic rings. The minimum absolute atomic E-state index is 0.0548. The first kappa shape index (κ1) is 22.9. The first-order valence-corrected chi connectivity index (χ1v) is 11.4.